The predicted octanol–water partition coefficient (Wildman–Crippen LogP) is 2.01. The summed E-state index contributed by atoms with van der Waals surface area (Å²) in [6, 6.07) is 5.88. The summed E-state index contributed by atoms with van der Waals surface area (Å²) < 4.78 is 14.8. The van der Waals surface area contributed by atoms with Crippen LogP contribution in [-0.2, 0) is 7.05 Å². The summed E-state index contributed by atoms with van der Waals surface area (Å²) in [7, 11) is 1.83. The predicted molar refractivity (Wildman–Crippen MR) is 67.8 cm³/mol. The smallest absolute Gasteiger partial charge is 0.125 e. The Bertz CT molecular complexity index is 539. The van der Waals surface area contributed by atoms with E-state index in [-0.39, 0.29) is 18.5 Å². The van der Waals surface area contributed by atoms with Gasteiger partial charge < -0.3 is 10.4 Å². The van der Waals surface area contributed by atoms with Crippen LogP contribution in [0.5, 0.6) is 0 Å². The van der Waals surface area contributed by atoms with Gasteiger partial charge in [-0.05, 0) is 25.1 Å². The lowest BCUT2D eigenvalue weighted by molar-refractivity contribution is 0.276. The number of nitrogens with zero attached hydrogens (tertiary/aromatic N) is 2. The van der Waals surface area contributed by atoms with E-state index in [0.29, 0.717) is 5.69 Å². The second-order valence-electron chi connectivity index (χ2n) is 4.23. The molecular formula is C13H16FN3O. The van der Waals surface area contributed by atoms with E-state index in [1.54, 1.807) is 16.8 Å². The van der Waals surface area contributed by atoms with Gasteiger partial charge in [0.1, 0.15) is 5.82 Å². The number of hydrogen-bond donors (Lipinski definition) is 2. The Balaban J connectivity index is 2.22. The van der Waals surface area contributed by atoms with Crippen molar-refractivity contribution in [3.63, 3.8) is 0 Å². The van der Waals surface area contributed by atoms with Crippen molar-refractivity contribution in [3.05, 3.63) is 47.5 Å². The first kappa shape index (κ1) is 12.6. The average Bonchev–Trinajstić information content (AvgIpc) is 2.65. The maximum absolute atomic E-state index is 13.1. The second-order valence-corrected chi connectivity index (χ2v) is 4.23. The third kappa shape index (κ3) is 2.68. The van der Waals surface area contributed by atoms with E-state index < -0.39 is 0 Å². The average molecular weight is 249 g/mol. The fourth-order valence-corrected chi connectivity index (χ4v) is 1.96. The van der Waals surface area contributed by atoms with Crippen molar-refractivity contribution in [2.45, 2.75) is 13.0 Å². The van der Waals surface area contributed by atoms with Crippen LogP contribution in [0, 0.1) is 12.7 Å². The minimum Gasteiger partial charge on any atom is -0.394 e. The Kier molecular flexibility index (Phi) is 3.62. The van der Waals surface area contributed by atoms with Gasteiger partial charge >= 0.3 is 0 Å². The molecule has 0 amide bonds. The maximum atomic E-state index is 13.1. The topological polar surface area (TPSA) is 50.1 Å². The van der Waals surface area contributed by atoms with Crippen molar-refractivity contribution in [3.8, 4) is 0 Å². The van der Waals surface area contributed by atoms with Crippen LogP contribution in [0.25, 0.3) is 0 Å². The molecule has 0 aliphatic rings. The molecule has 1 unspecified atom stereocenters. The molecule has 2 aromatic rings. The van der Waals surface area contributed by atoms with Gasteiger partial charge in [0.25, 0.3) is 0 Å². The molecule has 0 saturated heterocycles. The Labute approximate surface area is 105 Å². The second kappa shape index (κ2) is 5.18. The van der Waals surface area contributed by atoms with Gasteiger partial charge in [-0.3, -0.25) is 4.68 Å². The standard InChI is InChI=1S/C13H16FN3O/c1-9-12(7-17(2)16-9)13(8-18)15-11-5-3-4-10(14)6-11/h3-7,13,15,18H,8H2,1-2H3. The summed E-state index contributed by atoms with van der Waals surface area (Å²) >= 11 is 0. The van der Waals surface area contributed by atoms with Crippen molar-refractivity contribution in [1.82, 2.24) is 9.78 Å². The van der Waals surface area contributed by atoms with Gasteiger partial charge in [0, 0.05) is 24.5 Å². The number of anilines is 1. The molecule has 1 aromatic carbocycles. The molecule has 0 fully saturated rings. The SMILES string of the molecule is Cc1nn(C)cc1C(CO)Nc1cccc(F)c1. The van der Waals surface area contributed by atoms with Crippen molar-refractivity contribution in [2.24, 2.45) is 7.05 Å². The highest BCUT2D eigenvalue weighted by molar-refractivity contribution is 5.46. The number of halogens is 1. The fraction of sp³-hybridized carbons (Fsp3) is 0.308. The minimum absolute atomic E-state index is 0.0803. The van der Waals surface area contributed by atoms with E-state index in [0.717, 1.165) is 11.3 Å². The van der Waals surface area contributed by atoms with Crippen molar-refractivity contribution < 1.29 is 9.50 Å². The summed E-state index contributed by atoms with van der Waals surface area (Å²) in [5.74, 6) is -0.306. The largest absolute Gasteiger partial charge is 0.394 e. The fourth-order valence-electron chi connectivity index (χ4n) is 1.96. The first-order chi connectivity index (χ1) is 8.60. The summed E-state index contributed by atoms with van der Waals surface area (Å²) in [5.41, 5.74) is 2.39. The number of aliphatic hydroxyl groups is 1. The number of aliphatic hydroxyl groups excluding tert-OH is 1. The highest BCUT2D eigenvalue weighted by Gasteiger charge is 2.15. The first-order valence-corrected chi connectivity index (χ1v) is 5.73. The molecule has 0 aliphatic heterocycles. The Hall–Kier alpha value is -1.88. The third-order valence-corrected chi connectivity index (χ3v) is 2.77. The van der Waals surface area contributed by atoms with Crippen molar-refractivity contribution >= 4 is 5.69 Å². The van der Waals surface area contributed by atoms with Gasteiger partial charge in [-0.15, -0.1) is 0 Å². The van der Waals surface area contributed by atoms with E-state index in [2.05, 4.69) is 10.4 Å². The molecule has 18 heavy (non-hydrogen) atoms. The molecule has 2 rings (SSSR count). The zero-order valence-corrected chi connectivity index (χ0v) is 10.4. The highest BCUT2D eigenvalue weighted by Crippen LogP contribution is 2.21. The van der Waals surface area contributed by atoms with Crippen molar-refractivity contribution in [2.75, 3.05) is 11.9 Å². The zero-order chi connectivity index (χ0) is 13.1. The van der Waals surface area contributed by atoms with Crippen LogP contribution in [0.2, 0.25) is 0 Å². The van der Waals surface area contributed by atoms with Crippen molar-refractivity contribution in [1.29, 1.82) is 0 Å². The minimum atomic E-state index is -0.306. The zero-order valence-electron chi connectivity index (χ0n) is 10.4. The number of rotatable bonds is 4. The molecule has 1 heterocycles. The molecule has 2 N–H and O–H groups in total. The van der Waals surface area contributed by atoms with E-state index in [1.165, 1.54) is 12.1 Å². The molecular weight excluding hydrogens is 233 g/mol. The molecule has 0 spiro atoms. The lowest BCUT2D eigenvalue weighted by atomic mass is 10.1. The Morgan fingerprint density at radius 1 is 1.50 bits per heavy atom. The van der Waals surface area contributed by atoms with Crippen LogP contribution >= 0.6 is 0 Å². The quantitative estimate of drug-likeness (QED) is 0.871. The van der Waals surface area contributed by atoms with Gasteiger partial charge in [-0.1, -0.05) is 6.07 Å². The number of benzene rings is 1. The normalized spacial score (nSPS) is 12.4. The van der Waals surface area contributed by atoms with Crippen LogP contribution in [0.3, 0.4) is 0 Å². The molecule has 1 aromatic heterocycles. The lowest BCUT2D eigenvalue weighted by Gasteiger charge is -2.17. The van der Waals surface area contributed by atoms with Crippen LogP contribution < -0.4 is 5.32 Å². The number of nitrogens with one attached hydrogen (secondary N) is 1. The molecule has 0 saturated carbocycles. The Morgan fingerprint density at radius 2 is 2.28 bits per heavy atom. The van der Waals surface area contributed by atoms with Gasteiger partial charge in [0.2, 0.25) is 0 Å². The summed E-state index contributed by atoms with van der Waals surface area (Å²) in [6.07, 6.45) is 1.85. The molecule has 5 heteroatoms. The number of hydrogen-bond acceptors (Lipinski definition) is 3. The van der Waals surface area contributed by atoms with Crippen LogP contribution in [0.15, 0.2) is 30.5 Å². The summed E-state index contributed by atoms with van der Waals surface area (Å²) in [4.78, 5) is 0. The summed E-state index contributed by atoms with van der Waals surface area (Å²) in [6.45, 7) is 1.80. The third-order valence-electron chi connectivity index (χ3n) is 2.77. The van der Waals surface area contributed by atoms with Crippen LogP contribution in [0.1, 0.15) is 17.3 Å². The molecule has 4 nitrogen and oxygen atoms in total. The number of aromatic nitrogens is 2. The lowest BCUT2D eigenvalue weighted by Crippen LogP contribution is -2.15. The number of aryl methyl sites for hydroxylation is 2. The van der Waals surface area contributed by atoms with E-state index in [4.69, 9.17) is 0 Å². The highest BCUT2D eigenvalue weighted by atomic mass is 19.1. The molecule has 0 aliphatic carbocycles. The molecule has 0 bridgehead atoms. The molecule has 1 atom stereocenters. The van der Waals surface area contributed by atoms with E-state index in [9.17, 15) is 9.50 Å². The van der Waals surface area contributed by atoms with Gasteiger partial charge in [0.05, 0.1) is 18.3 Å². The van der Waals surface area contributed by atoms with E-state index >= 15 is 0 Å². The van der Waals surface area contributed by atoms with Crippen LogP contribution in [-0.4, -0.2) is 21.5 Å². The molecule has 96 valence electrons. The first-order valence-electron chi connectivity index (χ1n) is 5.73. The van der Waals surface area contributed by atoms with Gasteiger partial charge in [0.15, 0.2) is 0 Å². The van der Waals surface area contributed by atoms with Gasteiger partial charge in [-0.2, -0.15) is 5.10 Å². The maximum Gasteiger partial charge on any atom is 0.125 e. The molecule has 0 radical (unpaired) electrons. The van der Waals surface area contributed by atoms with Gasteiger partial charge in [-0.25, -0.2) is 4.39 Å². The van der Waals surface area contributed by atoms with Crippen LogP contribution in [0.4, 0.5) is 10.1 Å². The van der Waals surface area contributed by atoms with E-state index in [1.807, 2.05) is 20.2 Å². The monoisotopic (exact) mass is 249 g/mol. The Morgan fingerprint density at radius 3 is 2.83 bits per heavy atom. The summed E-state index contributed by atoms with van der Waals surface area (Å²) in [5, 5.41) is 16.8.